The number of carbonyl (C=O) groups is 2. The summed E-state index contributed by atoms with van der Waals surface area (Å²) in [5.41, 5.74) is 0.0966. The average molecular weight is 368 g/mol. The van der Waals surface area contributed by atoms with E-state index in [1.165, 1.54) is 35.5 Å². The van der Waals surface area contributed by atoms with Crippen LogP contribution in [-0.4, -0.2) is 49.8 Å². The summed E-state index contributed by atoms with van der Waals surface area (Å²) in [5.74, 6) is -1.07. The molecule has 0 unspecified atom stereocenters. The van der Waals surface area contributed by atoms with Crippen LogP contribution in [0.25, 0.3) is 0 Å². The number of hydrogen-bond donors (Lipinski definition) is 1. The van der Waals surface area contributed by atoms with Gasteiger partial charge in [0, 0.05) is 19.1 Å². The van der Waals surface area contributed by atoms with Crippen LogP contribution in [0, 0.1) is 0 Å². The third kappa shape index (κ3) is 4.79. The van der Waals surface area contributed by atoms with Gasteiger partial charge in [0.05, 0.1) is 10.5 Å². The highest BCUT2D eigenvalue weighted by atomic mass is 32.2. The summed E-state index contributed by atoms with van der Waals surface area (Å²) >= 11 is 0. The lowest BCUT2D eigenvalue weighted by atomic mass is 10.2. The van der Waals surface area contributed by atoms with Gasteiger partial charge in [0.15, 0.2) is 6.10 Å². The van der Waals surface area contributed by atoms with Crippen molar-refractivity contribution in [3.05, 3.63) is 29.8 Å². The number of hydrogen-bond acceptors (Lipinski definition) is 5. The van der Waals surface area contributed by atoms with E-state index >= 15 is 0 Å². The summed E-state index contributed by atoms with van der Waals surface area (Å²) in [4.78, 5) is 24.1. The quantitative estimate of drug-likeness (QED) is 0.703. The first-order chi connectivity index (χ1) is 11.8. The Morgan fingerprint density at radius 1 is 1.28 bits per heavy atom. The zero-order chi connectivity index (χ0) is 18.6. The van der Waals surface area contributed by atoms with E-state index in [1.807, 2.05) is 0 Å². The van der Waals surface area contributed by atoms with E-state index in [0.717, 1.165) is 12.8 Å². The van der Waals surface area contributed by atoms with Gasteiger partial charge < -0.3 is 10.1 Å². The van der Waals surface area contributed by atoms with E-state index in [2.05, 4.69) is 5.32 Å². The highest BCUT2D eigenvalue weighted by Crippen LogP contribution is 2.20. The Morgan fingerprint density at radius 3 is 2.48 bits per heavy atom. The molecule has 0 aliphatic heterocycles. The van der Waals surface area contributed by atoms with Crippen LogP contribution in [0.5, 0.6) is 0 Å². The fourth-order valence-electron chi connectivity index (χ4n) is 2.32. The Hall–Kier alpha value is -1.93. The van der Waals surface area contributed by atoms with Crippen LogP contribution in [0.3, 0.4) is 0 Å². The summed E-state index contributed by atoms with van der Waals surface area (Å²) < 4.78 is 31.5. The number of nitrogens with zero attached hydrogens (tertiary/aromatic N) is 1. The van der Waals surface area contributed by atoms with Crippen LogP contribution >= 0.6 is 0 Å². The van der Waals surface area contributed by atoms with Crippen LogP contribution in [-0.2, 0) is 19.6 Å². The minimum atomic E-state index is -3.66. The maximum absolute atomic E-state index is 12.5. The van der Waals surface area contributed by atoms with E-state index < -0.39 is 22.1 Å². The number of benzene rings is 1. The zero-order valence-electron chi connectivity index (χ0n) is 14.7. The van der Waals surface area contributed by atoms with Crippen molar-refractivity contribution in [3.63, 3.8) is 0 Å². The van der Waals surface area contributed by atoms with Crippen LogP contribution in [0.4, 0.5) is 0 Å². The molecule has 0 bridgehead atoms. The Balaban J connectivity index is 2.11. The fraction of sp³-hybridized carbons (Fsp3) is 0.529. The molecule has 0 saturated heterocycles. The second kappa shape index (κ2) is 7.97. The minimum absolute atomic E-state index is 0.0285. The lowest BCUT2D eigenvalue weighted by Crippen LogP contribution is -2.37. The molecular formula is C17H24N2O5S. The smallest absolute Gasteiger partial charge is 0.338 e. The Morgan fingerprint density at radius 2 is 1.92 bits per heavy atom. The van der Waals surface area contributed by atoms with Crippen LogP contribution < -0.4 is 5.32 Å². The van der Waals surface area contributed by atoms with Gasteiger partial charge in [0.2, 0.25) is 10.0 Å². The molecule has 0 heterocycles. The largest absolute Gasteiger partial charge is 0.449 e. The first kappa shape index (κ1) is 19.4. The molecule has 1 fully saturated rings. The molecule has 2 rings (SSSR count). The first-order valence-electron chi connectivity index (χ1n) is 8.41. The van der Waals surface area contributed by atoms with Crippen molar-refractivity contribution in [2.24, 2.45) is 0 Å². The number of ether oxygens (including phenoxy) is 1. The summed E-state index contributed by atoms with van der Waals surface area (Å²) in [6.45, 7) is 5.67. The topological polar surface area (TPSA) is 92.8 Å². The van der Waals surface area contributed by atoms with Crippen molar-refractivity contribution in [1.29, 1.82) is 0 Å². The molecule has 8 heteroatoms. The Labute approximate surface area is 148 Å². The number of nitrogens with one attached hydrogen (secondary N) is 1. The predicted octanol–water partition coefficient (Wildman–Crippen LogP) is 1.54. The third-order valence-corrected chi connectivity index (χ3v) is 6.04. The maximum Gasteiger partial charge on any atom is 0.338 e. The molecule has 7 nitrogen and oxygen atoms in total. The highest BCUT2D eigenvalue weighted by molar-refractivity contribution is 7.89. The number of carbonyl (C=O) groups excluding carboxylic acids is 2. The first-order valence-corrected chi connectivity index (χ1v) is 9.85. The van der Waals surface area contributed by atoms with Crippen molar-refractivity contribution < 1.29 is 22.7 Å². The summed E-state index contributed by atoms with van der Waals surface area (Å²) in [7, 11) is -3.66. The van der Waals surface area contributed by atoms with Crippen molar-refractivity contribution in [2.75, 3.05) is 13.1 Å². The molecule has 1 atom stereocenters. The minimum Gasteiger partial charge on any atom is -0.449 e. The molecule has 1 aliphatic carbocycles. The van der Waals surface area contributed by atoms with Gasteiger partial charge in [-0.05, 0) is 38.0 Å². The molecule has 0 radical (unpaired) electrons. The molecular weight excluding hydrogens is 344 g/mol. The third-order valence-electron chi connectivity index (χ3n) is 3.99. The van der Waals surface area contributed by atoms with Gasteiger partial charge in [0.1, 0.15) is 0 Å². The molecule has 1 amide bonds. The molecule has 138 valence electrons. The van der Waals surface area contributed by atoms with Gasteiger partial charge in [-0.2, -0.15) is 4.31 Å². The molecule has 25 heavy (non-hydrogen) atoms. The Bertz CT molecular complexity index is 739. The number of esters is 1. The molecule has 1 aromatic carbocycles. The van der Waals surface area contributed by atoms with Crippen molar-refractivity contribution in [3.8, 4) is 0 Å². The molecule has 0 spiro atoms. The fourth-order valence-corrected chi connectivity index (χ4v) is 3.83. The SMILES string of the molecule is CCN(CC)S(=O)(=O)c1cccc(C(=O)O[C@H](C)C(=O)NC2CC2)c1. The second-order valence-corrected chi connectivity index (χ2v) is 7.89. The highest BCUT2D eigenvalue weighted by Gasteiger charge is 2.28. The van der Waals surface area contributed by atoms with Gasteiger partial charge in [-0.3, -0.25) is 4.79 Å². The van der Waals surface area contributed by atoms with E-state index in [1.54, 1.807) is 13.8 Å². The van der Waals surface area contributed by atoms with Gasteiger partial charge >= 0.3 is 5.97 Å². The second-order valence-electron chi connectivity index (χ2n) is 5.95. The van der Waals surface area contributed by atoms with E-state index in [9.17, 15) is 18.0 Å². The monoisotopic (exact) mass is 368 g/mol. The Kier molecular flexibility index (Phi) is 6.18. The molecule has 1 aromatic rings. The lowest BCUT2D eigenvalue weighted by molar-refractivity contribution is -0.129. The van der Waals surface area contributed by atoms with Gasteiger partial charge in [-0.25, -0.2) is 13.2 Å². The zero-order valence-corrected chi connectivity index (χ0v) is 15.5. The van der Waals surface area contributed by atoms with Gasteiger partial charge in [-0.1, -0.05) is 19.9 Å². The summed E-state index contributed by atoms with van der Waals surface area (Å²) in [6.07, 6.45) is 0.950. The van der Waals surface area contributed by atoms with E-state index in [4.69, 9.17) is 4.74 Å². The van der Waals surface area contributed by atoms with Crippen LogP contribution in [0.1, 0.15) is 44.0 Å². The summed E-state index contributed by atoms with van der Waals surface area (Å²) in [6, 6.07) is 5.85. The standard InChI is InChI=1S/C17H24N2O5S/c1-4-19(5-2)25(22,23)15-8-6-7-13(11-15)17(21)24-12(3)16(20)18-14-9-10-14/h6-8,11-12,14H,4-5,9-10H2,1-3H3,(H,18,20)/t12-/m1/s1. The molecule has 1 aliphatic rings. The van der Waals surface area contributed by atoms with Crippen LogP contribution in [0.15, 0.2) is 29.2 Å². The number of sulfonamides is 1. The normalized spacial score (nSPS) is 15.7. The summed E-state index contributed by atoms with van der Waals surface area (Å²) in [5, 5.41) is 2.76. The van der Waals surface area contributed by atoms with Crippen molar-refractivity contribution in [2.45, 2.75) is 50.7 Å². The maximum atomic E-state index is 12.5. The van der Waals surface area contributed by atoms with E-state index in [0.29, 0.717) is 13.1 Å². The van der Waals surface area contributed by atoms with Crippen LogP contribution in [0.2, 0.25) is 0 Å². The average Bonchev–Trinajstić information content (AvgIpc) is 3.39. The number of rotatable bonds is 8. The van der Waals surface area contributed by atoms with Crippen molar-refractivity contribution in [1.82, 2.24) is 9.62 Å². The lowest BCUT2D eigenvalue weighted by Gasteiger charge is -2.19. The van der Waals surface area contributed by atoms with Gasteiger partial charge in [0.25, 0.3) is 5.91 Å². The van der Waals surface area contributed by atoms with Crippen molar-refractivity contribution >= 4 is 21.9 Å². The molecule has 1 saturated carbocycles. The predicted molar refractivity (Wildman–Crippen MR) is 92.6 cm³/mol. The molecule has 1 N–H and O–H groups in total. The van der Waals surface area contributed by atoms with E-state index in [-0.39, 0.29) is 22.4 Å². The van der Waals surface area contributed by atoms with Gasteiger partial charge in [-0.15, -0.1) is 0 Å². The number of amides is 1. The molecule has 0 aromatic heterocycles.